The normalized spacial score (nSPS) is 23.2. The van der Waals surface area contributed by atoms with E-state index in [9.17, 15) is 5.11 Å². The van der Waals surface area contributed by atoms with Crippen LogP contribution in [0.1, 0.15) is 49.8 Å². The number of piperidine rings is 1. The van der Waals surface area contributed by atoms with E-state index in [0.717, 1.165) is 57.7 Å². The predicted molar refractivity (Wildman–Crippen MR) is 112 cm³/mol. The SMILES string of the molecule is COc1ccc2[nH]c(CN3CCC(CO)(C[C@@H]4CCCCO4)CC3)c(C)c2c1. The Bertz CT molecular complexity index is 786. The summed E-state index contributed by atoms with van der Waals surface area (Å²) in [5.74, 6) is 0.900. The molecule has 2 aromatic rings. The van der Waals surface area contributed by atoms with Crippen molar-refractivity contribution in [2.75, 3.05) is 33.4 Å². The van der Waals surface area contributed by atoms with E-state index in [2.05, 4.69) is 28.9 Å². The van der Waals surface area contributed by atoms with E-state index in [1.54, 1.807) is 7.11 Å². The number of nitrogens with one attached hydrogen (secondary N) is 1. The largest absolute Gasteiger partial charge is 0.497 e. The summed E-state index contributed by atoms with van der Waals surface area (Å²) in [7, 11) is 1.71. The Kier molecular flexibility index (Phi) is 5.95. The summed E-state index contributed by atoms with van der Waals surface area (Å²) in [5.41, 5.74) is 3.81. The number of likely N-dealkylation sites (tertiary alicyclic amines) is 1. The Labute approximate surface area is 168 Å². The highest BCUT2D eigenvalue weighted by Crippen LogP contribution is 2.38. The van der Waals surface area contributed by atoms with Gasteiger partial charge in [0.15, 0.2) is 0 Å². The van der Waals surface area contributed by atoms with E-state index in [1.165, 1.54) is 35.0 Å². The topological polar surface area (TPSA) is 57.7 Å². The molecule has 0 radical (unpaired) electrons. The number of methoxy groups -OCH3 is 1. The van der Waals surface area contributed by atoms with Gasteiger partial charge in [-0.05, 0) is 87.7 Å². The highest BCUT2D eigenvalue weighted by molar-refractivity contribution is 5.85. The molecule has 1 aromatic heterocycles. The van der Waals surface area contributed by atoms with Crippen molar-refractivity contribution in [3.63, 3.8) is 0 Å². The monoisotopic (exact) mass is 386 g/mol. The zero-order valence-corrected chi connectivity index (χ0v) is 17.3. The van der Waals surface area contributed by atoms with Crippen molar-refractivity contribution in [3.8, 4) is 5.75 Å². The molecule has 2 fully saturated rings. The van der Waals surface area contributed by atoms with Crippen LogP contribution in [0.4, 0.5) is 0 Å². The van der Waals surface area contributed by atoms with Crippen LogP contribution in [0.5, 0.6) is 5.75 Å². The van der Waals surface area contributed by atoms with E-state index >= 15 is 0 Å². The summed E-state index contributed by atoms with van der Waals surface area (Å²) >= 11 is 0. The maximum Gasteiger partial charge on any atom is 0.119 e. The van der Waals surface area contributed by atoms with Gasteiger partial charge in [-0.2, -0.15) is 0 Å². The number of nitrogens with zero attached hydrogens (tertiary/aromatic N) is 1. The Morgan fingerprint density at radius 2 is 2.11 bits per heavy atom. The van der Waals surface area contributed by atoms with Crippen molar-refractivity contribution in [1.82, 2.24) is 9.88 Å². The molecule has 5 nitrogen and oxygen atoms in total. The number of benzene rings is 1. The van der Waals surface area contributed by atoms with Crippen molar-refractivity contribution in [2.24, 2.45) is 5.41 Å². The first kappa shape index (κ1) is 19.7. The maximum absolute atomic E-state index is 10.1. The summed E-state index contributed by atoms with van der Waals surface area (Å²) < 4.78 is 11.3. The van der Waals surface area contributed by atoms with Crippen molar-refractivity contribution < 1.29 is 14.6 Å². The van der Waals surface area contributed by atoms with Crippen LogP contribution in [-0.2, 0) is 11.3 Å². The second-order valence-corrected chi connectivity index (χ2v) is 8.77. The second-order valence-electron chi connectivity index (χ2n) is 8.77. The minimum absolute atomic E-state index is 0.0430. The molecule has 2 N–H and O–H groups in total. The van der Waals surface area contributed by atoms with Gasteiger partial charge in [-0.15, -0.1) is 0 Å². The van der Waals surface area contributed by atoms with E-state index in [1.807, 2.05) is 6.07 Å². The molecule has 154 valence electrons. The Balaban J connectivity index is 1.39. The minimum Gasteiger partial charge on any atom is -0.497 e. The molecule has 0 saturated carbocycles. The van der Waals surface area contributed by atoms with Gasteiger partial charge in [-0.1, -0.05) is 0 Å². The Morgan fingerprint density at radius 3 is 2.79 bits per heavy atom. The zero-order valence-electron chi connectivity index (χ0n) is 17.3. The molecule has 0 spiro atoms. The molecule has 1 atom stereocenters. The van der Waals surface area contributed by atoms with Gasteiger partial charge in [0.25, 0.3) is 0 Å². The number of rotatable bonds is 6. The number of fused-ring (bicyclic) bond motifs is 1. The van der Waals surface area contributed by atoms with Gasteiger partial charge in [0.2, 0.25) is 0 Å². The third-order valence-electron chi connectivity index (χ3n) is 6.94. The number of aromatic nitrogens is 1. The lowest BCUT2D eigenvalue weighted by atomic mass is 9.74. The first-order chi connectivity index (χ1) is 13.6. The van der Waals surface area contributed by atoms with Gasteiger partial charge in [-0.3, -0.25) is 4.90 Å². The van der Waals surface area contributed by atoms with Gasteiger partial charge in [0.05, 0.1) is 13.2 Å². The van der Waals surface area contributed by atoms with Gasteiger partial charge in [0, 0.05) is 36.4 Å². The van der Waals surface area contributed by atoms with Crippen LogP contribution in [0.2, 0.25) is 0 Å². The quantitative estimate of drug-likeness (QED) is 0.787. The molecule has 3 heterocycles. The number of aromatic amines is 1. The van der Waals surface area contributed by atoms with Crippen molar-refractivity contribution in [3.05, 3.63) is 29.5 Å². The van der Waals surface area contributed by atoms with Crippen LogP contribution in [0, 0.1) is 12.3 Å². The lowest BCUT2D eigenvalue weighted by Crippen LogP contribution is -2.44. The van der Waals surface area contributed by atoms with Crippen LogP contribution in [0.15, 0.2) is 18.2 Å². The van der Waals surface area contributed by atoms with Gasteiger partial charge in [0.1, 0.15) is 5.75 Å². The minimum atomic E-state index is 0.0430. The van der Waals surface area contributed by atoms with Crippen molar-refractivity contribution >= 4 is 10.9 Å². The van der Waals surface area contributed by atoms with E-state index in [0.29, 0.717) is 6.10 Å². The average Bonchev–Trinajstić information content (AvgIpc) is 3.05. The molecule has 4 rings (SSSR count). The first-order valence-electron chi connectivity index (χ1n) is 10.7. The number of H-pyrrole nitrogens is 1. The van der Waals surface area contributed by atoms with Crippen molar-refractivity contribution in [2.45, 2.75) is 58.1 Å². The summed E-state index contributed by atoms with van der Waals surface area (Å²) in [6.45, 7) is 6.37. The molecule has 2 aliphatic heterocycles. The van der Waals surface area contributed by atoms with Gasteiger partial charge >= 0.3 is 0 Å². The highest BCUT2D eigenvalue weighted by atomic mass is 16.5. The van der Waals surface area contributed by atoms with Crippen LogP contribution in [0.25, 0.3) is 10.9 Å². The number of aliphatic hydroxyl groups is 1. The number of ether oxygens (including phenoxy) is 2. The fourth-order valence-corrected chi connectivity index (χ4v) is 4.93. The zero-order chi connectivity index (χ0) is 19.6. The average molecular weight is 387 g/mol. The molecular weight excluding hydrogens is 352 g/mol. The summed E-state index contributed by atoms with van der Waals surface area (Å²) in [5, 5.41) is 11.4. The second kappa shape index (κ2) is 8.44. The third-order valence-corrected chi connectivity index (χ3v) is 6.94. The maximum atomic E-state index is 10.1. The highest BCUT2D eigenvalue weighted by Gasteiger charge is 2.37. The van der Waals surface area contributed by atoms with Crippen LogP contribution < -0.4 is 4.74 Å². The van der Waals surface area contributed by atoms with E-state index in [4.69, 9.17) is 9.47 Å². The third kappa shape index (κ3) is 4.07. The molecule has 1 aromatic carbocycles. The summed E-state index contributed by atoms with van der Waals surface area (Å²) in [4.78, 5) is 6.11. The number of hydrogen-bond acceptors (Lipinski definition) is 4. The molecule has 0 bridgehead atoms. The van der Waals surface area contributed by atoms with Gasteiger partial charge in [-0.25, -0.2) is 0 Å². The molecule has 5 heteroatoms. The molecule has 28 heavy (non-hydrogen) atoms. The fourth-order valence-electron chi connectivity index (χ4n) is 4.93. The van der Waals surface area contributed by atoms with Crippen LogP contribution in [-0.4, -0.2) is 54.5 Å². The Hall–Kier alpha value is -1.56. The summed E-state index contributed by atoms with van der Waals surface area (Å²) in [6, 6.07) is 6.22. The van der Waals surface area contributed by atoms with Gasteiger partial charge < -0.3 is 19.6 Å². The molecule has 0 aliphatic carbocycles. The summed E-state index contributed by atoms with van der Waals surface area (Å²) in [6.07, 6.45) is 7.08. The molecule has 2 aliphatic rings. The smallest absolute Gasteiger partial charge is 0.119 e. The number of hydrogen-bond donors (Lipinski definition) is 2. The molecular formula is C23H34N2O3. The molecule has 2 saturated heterocycles. The molecule has 0 unspecified atom stereocenters. The lowest BCUT2D eigenvalue weighted by Gasteiger charge is -2.43. The van der Waals surface area contributed by atoms with E-state index < -0.39 is 0 Å². The standard InChI is InChI=1S/C23H34N2O3/c1-17-20-13-18(27-2)6-7-21(20)24-22(17)15-25-10-8-23(16-26,9-11-25)14-19-5-3-4-12-28-19/h6-7,13,19,24,26H,3-5,8-12,14-16H2,1-2H3/t19-/m0/s1. The predicted octanol–water partition coefficient (Wildman–Crippen LogP) is 4.02. The fraction of sp³-hybridized carbons (Fsp3) is 0.652. The van der Waals surface area contributed by atoms with Crippen LogP contribution in [0.3, 0.4) is 0 Å². The number of aliphatic hydroxyl groups excluding tert-OH is 1. The van der Waals surface area contributed by atoms with E-state index in [-0.39, 0.29) is 12.0 Å². The van der Waals surface area contributed by atoms with Crippen LogP contribution >= 0.6 is 0 Å². The Morgan fingerprint density at radius 1 is 1.29 bits per heavy atom. The first-order valence-corrected chi connectivity index (χ1v) is 10.7. The van der Waals surface area contributed by atoms with Crippen molar-refractivity contribution in [1.29, 1.82) is 0 Å². The lowest BCUT2D eigenvalue weighted by molar-refractivity contribution is -0.0487. The number of aryl methyl sites for hydroxylation is 1. The molecule has 0 amide bonds.